The van der Waals surface area contributed by atoms with E-state index in [4.69, 9.17) is 0 Å². The lowest BCUT2D eigenvalue weighted by Crippen LogP contribution is -2.20. The highest BCUT2D eigenvalue weighted by Crippen LogP contribution is 2.03. The summed E-state index contributed by atoms with van der Waals surface area (Å²) in [6.07, 6.45) is 3.27. The summed E-state index contributed by atoms with van der Waals surface area (Å²) >= 11 is 0.921. The van der Waals surface area contributed by atoms with Crippen LogP contribution in [0.1, 0.15) is 6.92 Å². The van der Waals surface area contributed by atoms with Gasteiger partial charge >= 0.3 is 5.24 Å². The van der Waals surface area contributed by atoms with Gasteiger partial charge in [0.2, 0.25) is 0 Å². The molecule has 0 saturated heterocycles. The summed E-state index contributed by atoms with van der Waals surface area (Å²) in [5, 5.41) is 3.54. The highest BCUT2D eigenvalue weighted by molar-refractivity contribution is 8.12. The molecule has 0 unspecified atom stereocenters. The van der Waals surface area contributed by atoms with Gasteiger partial charge in [-0.3, -0.25) is 9.63 Å². The molecule has 0 spiro atoms. The average Bonchev–Trinajstić information content (AvgIpc) is 2.53. The first-order valence-electron chi connectivity index (χ1n) is 3.42. The largest absolute Gasteiger partial charge is 0.325 e. The van der Waals surface area contributed by atoms with Gasteiger partial charge in [0.25, 0.3) is 0 Å². The Bertz CT molecular complexity index is 237. The molecule has 0 fully saturated rings. The van der Waals surface area contributed by atoms with E-state index in [-0.39, 0.29) is 5.24 Å². The number of carbonyl (C=O) groups excluding carboxylic acids is 1. The summed E-state index contributed by atoms with van der Waals surface area (Å²) in [4.78, 5) is 15.6. The Morgan fingerprint density at radius 2 is 2.67 bits per heavy atom. The molecule has 0 aliphatic carbocycles. The van der Waals surface area contributed by atoms with Crippen molar-refractivity contribution in [3.8, 4) is 0 Å². The normalized spacial score (nSPS) is 9.75. The van der Waals surface area contributed by atoms with Crippen molar-refractivity contribution in [2.75, 3.05) is 6.61 Å². The molecule has 1 heterocycles. The maximum Gasteiger partial charge on any atom is 0.325 e. The molecule has 12 heavy (non-hydrogen) atoms. The Kier molecular flexibility index (Phi) is 3.62. The quantitative estimate of drug-likeness (QED) is 0.718. The number of hydroxylamine groups is 1. The van der Waals surface area contributed by atoms with Crippen LogP contribution in [0.25, 0.3) is 0 Å². The molecule has 1 N–H and O–H groups in total. The van der Waals surface area contributed by atoms with Crippen LogP contribution in [0.4, 0.5) is 4.79 Å². The van der Waals surface area contributed by atoms with E-state index in [9.17, 15) is 4.79 Å². The number of hydrogen-bond donors (Lipinski definition) is 1. The van der Waals surface area contributed by atoms with Crippen molar-refractivity contribution in [2.45, 2.75) is 6.92 Å². The molecular formula is C6H9N3O2S. The van der Waals surface area contributed by atoms with Crippen molar-refractivity contribution in [3.05, 3.63) is 18.5 Å². The number of carbonyl (C=O) groups is 1. The Labute approximate surface area is 74.2 Å². The van der Waals surface area contributed by atoms with E-state index in [1.807, 2.05) is 0 Å². The Morgan fingerprint density at radius 3 is 3.25 bits per heavy atom. The van der Waals surface area contributed by atoms with Crippen LogP contribution in [0.5, 0.6) is 0 Å². The van der Waals surface area contributed by atoms with Crippen LogP contribution in [0.15, 0.2) is 18.5 Å². The van der Waals surface area contributed by atoms with Crippen LogP contribution in [0.3, 0.4) is 0 Å². The lowest BCUT2D eigenvalue weighted by Gasteiger charge is -2.01. The Hall–Kier alpha value is -1.01. The predicted molar refractivity (Wildman–Crippen MR) is 45.4 cm³/mol. The van der Waals surface area contributed by atoms with Gasteiger partial charge in [-0.25, -0.2) is 9.57 Å². The molecule has 0 bridgehead atoms. The summed E-state index contributed by atoms with van der Waals surface area (Å²) in [6.45, 7) is 2.24. The van der Waals surface area contributed by atoms with E-state index >= 15 is 0 Å². The second kappa shape index (κ2) is 4.78. The van der Waals surface area contributed by atoms with Gasteiger partial charge in [-0.1, -0.05) is 0 Å². The summed E-state index contributed by atoms with van der Waals surface area (Å²) in [5.74, 6) is 0. The van der Waals surface area contributed by atoms with Gasteiger partial charge in [-0.15, -0.1) is 0 Å². The fraction of sp³-hybridized carbons (Fsp3) is 0.333. The smallest absolute Gasteiger partial charge is 0.273 e. The number of hydrogen-bond acceptors (Lipinski definition) is 4. The van der Waals surface area contributed by atoms with Crippen LogP contribution in [-0.4, -0.2) is 21.0 Å². The second-order valence-electron chi connectivity index (χ2n) is 1.82. The van der Waals surface area contributed by atoms with Crippen molar-refractivity contribution >= 4 is 17.2 Å². The first-order valence-corrected chi connectivity index (χ1v) is 4.20. The minimum absolute atomic E-state index is 0.291. The summed E-state index contributed by atoms with van der Waals surface area (Å²) < 4.78 is 1.44. The van der Waals surface area contributed by atoms with E-state index in [2.05, 4.69) is 15.4 Å². The van der Waals surface area contributed by atoms with E-state index in [1.54, 1.807) is 25.4 Å². The Balaban J connectivity index is 2.27. The number of nitrogens with zero attached hydrogens (tertiary/aromatic N) is 2. The first-order chi connectivity index (χ1) is 5.83. The van der Waals surface area contributed by atoms with E-state index in [0.29, 0.717) is 6.61 Å². The van der Waals surface area contributed by atoms with Gasteiger partial charge in [0.15, 0.2) is 0 Å². The van der Waals surface area contributed by atoms with Gasteiger partial charge < -0.3 is 0 Å². The van der Waals surface area contributed by atoms with Gasteiger partial charge in [-0.05, 0) is 13.0 Å². The maximum atomic E-state index is 10.9. The van der Waals surface area contributed by atoms with Gasteiger partial charge in [-0.2, -0.15) is 5.10 Å². The van der Waals surface area contributed by atoms with Gasteiger partial charge in [0, 0.05) is 12.4 Å². The van der Waals surface area contributed by atoms with Crippen LogP contribution in [0.2, 0.25) is 0 Å². The minimum Gasteiger partial charge on any atom is -0.273 e. The molecule has 1 amide bonds. The number of aromatic nitrogens is 2. The molecule has 66 valence electrons. The summed E-state index contributed by atoms with van der Waals surface area (Å²) in [5.41, 5.74) is 2.23. The number of nitrogens with one attached hydrogen (secondary N) is 1. The van der Waals surface area contributed by atoms with Crippen LogP contribution >= 0.6 is 11.9 Å². The van der Waals surface area contributed by atoms with Gasteiger partial charge in [0.05, 0.1) is 18.6 Å². The molecule has 1 aromatic heterocycles. The average molecular weight is 187 g/mol. The molecular weight excluding hydrogens is 178 g/mol. The fourth-order valence-electron chi connectivity index (χ4n) is 0.543. The number of amides is 1. The molecule has 0 aliphatic rings. The minimum atomic E-state index is -0.291. The zero-order chi connectivity index (χ0) is 8.81. The topological polar surface area (TPSA) is 56.1 Å². The predicted octanol–water partition coefficient (Wildman–Crippen LogP) is 1.04. The van der Waals surface area contributed by atoms with Crippen molar-refractivity contribution in [1.82, 2.24) is 14.7 Å². The lowest BCUT2D eigenvalue weighted by atomic mass is 10.8. The Morgan fingerprint density at radius 1 is 1.83 bits per heavy atom. The first kappa shape index (κ1) is 9.08. The third-order valence-corrected chi connectivity index (χ3v) is 1.61. The van der Waals surface area contributed by atoms with Crippen molar-refractivity contribution in [1.29, 1.82) is 0 Å². The zero-order valence-electron chi connectivity index (χ0n) is 6.56. The fourth-order valence-corrected chi connectivity index (χ4v) is 1.04. The van der Waals surface area contributed by atoms with Crippen LogP contribution in [-0.2, 0) is 4.84 Å². The monoisotopic (exact) mass is 187 g/mol. The molecule has 5 nitrogen and oxygen atoms in total. The highest BCUT2D eigenvalue weighted by atomic mass is 32.2. The van der Waals surface area contributed by atoms with E-state index in [1.165, 1.54) is 4.09 Å². The molecule has 0 saturated carbocycles. The van der Waals surface area contributed by atoms with E-state index < -0.39 is 0 Å². The molecule has 0 radical (unpaired) electrons. The number of rotatable bonds is 3. The summed E-state index contributed by atoms with van der Waals surface area (Å²) in [7, 11) is 0. The molecule has 1 aromatic rings. The van der Waals surface area contributed by atoms with Crippen LogP contribution < -0.4 is 5.48 Å². The van der Waals surface area contributed by atoms with Crippen LogP contribution in [0, 0.1) is 0 Å². The van der Waals surface area contributed by atoms with Crippen molar-refractivity contribution < 1.29 is 9.63 Å². The molecule has 6 heteroatoms. The molecule has 0 atom stereocenters. The zero-order valence-corrected chi connectivity index (χ0v) is 7.37. The lowest BCUT2D eigenvalue weighted by molar-refractivity contribution is 0.0803. The second-order valence-corrected chi connectivity index (χ2v) is 2.75. The maximum absolute atomic E-state index is 10.9. The molecule has 1 rings (SSSR count). The van der Waals surface area contributed by atoms with Crippen molar-refractivity contribution in [2.24, 2.45) is 0 Å². The molecule has 0 aliphatic heterocycles. The highest BCUT2D eigenvalue weighted by Gasteiger charge is 2.02. The standard InChI is InChI=1S/C6H9N3O2S/c1-2-11-8-6(10)12-9-5-3-4-7-9/h3-5H,2H2,1H3,(H,8,10). The van der Waals surface area contributed by atoms with E-state index in [0.717, 1.165) is 11.9 Å². The third kappa shape index (κ3) is 2.93. The summed E-state index contributed by atoms with van der Waals surface area (Å²) in [6, 6.07) is 1.74. The van der Waals surface area contributed by atoms with Crippen molar-refractivity contribution in [3.63, 3.8) is 0 Å². The molecule has 0 aromatic carbocycles. The van der Waals surface area contributed by atoms with Gasteiger partial charge in [0.1, 0.15) is 0 Å². The third-order valence-electron chi connectivity index (χ3n) is 0.956. The SMILES string of the molecule is CCONC(=O)Sn1cccn1.